The Morgan fingerprint density at radius 1 is 0.867 bits per heavy atom. The highest BCUT2D eigenvalue weighted by Crippen LogP contribution is 2.29. The highest BCUT2D eigenvalue weighted by Gasteiger charge is 2.18. The fraction of sp³-hybridized carbons (Fsp3) is 0. The molecule has 0 bridgehead atoms. The van der Waals surface area contributed by atoms with Crippen LogP contribution < -0.4 is 5.73 Å². The van der Waals surface area contributed by atoms with E-state index in [1.807, 2.05) is 0 Å². The number of non-ortho nitro benzene ring substituents is 2. The molecule has 0 saturated carbocycles. The van der Waals surface area contributed by atoms with Crippen LogP contribution in [-0.4, -0.2) is 25.6 Å². The Bertz CT molecular complexity index is 1310. The molecule has 0 fully saturated rings. The van der Waals surface area contributed by atoms with E-state index in [1.165, 1.54) is 36.4 Å². The molecule has 4 rings (SSSR count). The third-order valence-corrected chi connectivity index (χ3v) is 4.63. The quantitative estimate of drug-likeness (QED) is 0.221. The molecule has 0 aliphatic heterocycles. The summed E-state index contributed by atoms with van der Waals surface area (Å²) in [7, 11) is 0. The second-order valence-electron chi connectivity index (χ2n) is 6.45. The van der Waals surface area contributed by atoms with Gasteiger partial charge in [-0.25, -0.2) is 4.98 Å². The summed E-state index contributed by atoms with van der Waals surface area (Å²) >= 11 is 0. The van der Waals surface area contributed by atoms with Crippen LogP contribution in [0.2, 0.25) is 0 Å². The van der Waals surface area contributed by atoms with Gasteiger partial charge in [-0.15, -0.1) is 0 Å². The number of hydrogen-bond donors (Lipinski definition) is 2. The number of hydrogen-bond acceptors (Lipinski definition) is 7. The van der Waals surface area contributed by atoms with Gasteiger partial charge in [0, 0.05) is 41.0 Å². The van der Waals surface area contributed by atoms with Crippen LogP contribution in [-0.2, 0) is 0 Å². The van der Waals surface area contributed by atoms with Crippen LogP contribution in [0.5, 0.6) is 0 Å². The molecular weight excluding hydrogens is 390 g/mol. The maximum Gasteiger partial charge on any atom is 0.269 e. The molecule has 148 valence electrons. The average molecular weight is 403 g/mol. The number of anilines is 1. The van der Waals surface area contributed by atoms with E-state index in [0.29, 0.717) is 22.4 Å². The number of imidazole rings is 1. The molecule has 0 aliphatic rings. The van der Waals surface area contributed by atoms with Crippen LogP contribution in [0.1, 0.15) is 15.9 Å². The van der Waals surface area contributed by atoms with Crippen molar-refractivity contribution < 1.29 is 14.6 Å². The van der Waals surface area contributed by atoms with E-state index in [2.05, 4.69) is 9.97 Å². The summed E-state index contributed by atoms with van der Waals surface area (Å²) in [5.41, 5.74) is 8.29. The molecule has 0 saturated heterocycles. The lowest BCUT2D eigenvalue weighted by Crippen LogP contribution is -2.06. The van der Waals surface area contributed by atoms with Crippen LogP contribution in [0.25, 0.3) is 22.4 Å². The number of nitro benzene ring substituents is 2. The number of nitrogens with one attached hydrogen (secondary N) is 1. The zero-order valence-corrected chi connectivity index (χ0v) is 15.2. The SMILES string of the molecule is Nc1c(C(=O)c2ccc([N+](=O)[O-])cc2)ccc2[nH]c(-c3ccc([N+](=O)[O-])cc3)nc12. The zero-order chi connectivity index (χ0) is 21.4. The van der Waals surface area contributed by atoms with Crippen LogP contribution in [0.3, 0.4) is 0 Å². The number of nitrogens with two attached hydrogens (primary N) is 1. The zero-order valence-electron chi connectivity index (χ0n) is 15.2. The van der Waals surface area contributed by atoms with E-state index in [0.717, 1.165) is 0 Å². The first-order valence-corrected chi connectivity index (χ1v) is 8.67. The first kappa shape index (κ1) is 18.7. The second-order valence-corrected chi connectivity index (χ2v) is 6.45. The van der Waals surface area contributed by atoms with Gasteiger partial charge in [0.25, 0.3) is 11.4 Å². The van der Waals surface area contributed by atoms with Gasteiger partial charge in [0.2, 0.25) is 0 Å². The number of aromatic nitrogens is 2. The highest BCUT2D eigenvalue weighted by atomic mass is 16.6. The highest BCUT2D eigenvalue weighted by molar-refractivity contribution is 6.15. The molecule has 3 aromatic carbocycles. The Balaban J connectivity index is 1.71. The third-order valence-electron chi connectivity index (χ3n) is 4.63. The molecule has 0 radical (unpaired) electrons. The summed E-state index contributed by atoms with van der Waals surface area (Å²) < 4.78 is 0. The molecule has 3 N–H and O–H groups in total. The van der Waals surface area contributed by atoms with Crippen molar-refractivity contribution >= 4 is 33.9 Å². The average Bonchev–Trinajstić information content (AvgIpc) is 3.19. The lowest BCUT2D eigenvalue weighted by atomic mass is 10.0. The van der Waals surface area contributed by atoms with E-state index >= 15 is 0 Å². The number of nitrogen functional groups attached to an aromatic ring is 1. The number of carbonyl (C=O) groups excluding carboxylic acids is 1. The Kier molecular flexibility index (Phi) is 4.43. The maximum atomic E-state index is 12.8. The van der Waals surface area contributed by atoms with Crippen LogP contribution in [0.4, 0.5) is 17.1 Å². The Labute approximate surface area is 168 Å². The van der Waals surface area contributed by atoms with Gasteiger partial charge in [-0.2, -0.15) is 0 Å². The minimum Gasteiger partial charge on any atom is -0.396 e. The molecule has 4 aromatic rings. The maximum absolute atomic E-state index is 12.8. The number of ketones is 1. The molecule has 1 heterocycles. The number of H-pyrrole nitrogens is 1. The Morgan fingerprint density at radius 3 is 2.00 bits per heavy atom. The molecule has 0 aliphatic carbocycles. The van der Waals surface area contributed by atoms with Crippen molar-refractivity contribution in [2.75, 3.05) is 5.73 Å². The fourth-order valence-corrected chi connectivity index (χ4v) is 3.06. The lowest BCUT2D eigenvalue weighted by molar-refractivity contribution is -0.385. The van der Waals surface area contributed by atoms with Crippen molar-refractivity contribution in [3.8, 4) is 11.4 Å². The van der Waals surface area contributed by atoms with Gasteiger partial charge in [-0.1, -0.05) is 0 Å². The predicted octanol–water partition coefficient (Wildman–Crippen LogP) is 3.86. The van der Waals surface area contributed by atoms with Gasteiger partial charge in [0.15, 0.2) is 5.78 Å². The van der Waals surface area contributed by atoms with E-state index in [4.69, 9.17) is 5.73 Å². The normalized spacial score (nSPS) is 10.8. The molecule has 30 heavy (non-hydrogen) atoms. The molecule has 0 atom stereocenters. The molecular formula is C20H13N5O5. The molecule has 0 spiro atoms. The first-order chi connectivity index (χ1) is 14.3. The standard InChI is InChI=1S/C20H13N5O5/c21-17-15(19(26)11-1-5-13(6-2-11)24(27)28)9-10-16-18(17)23-20(22-16)12-3-7-14(8-4-12)25(29)30/h1-10H,21H2,(H,22,23). The van der Waals surface area contributed by atoms with Gasteiger partial charge >= 0.3 is 0 Å². The van der Waals surface area contributed by atoms with Crippen molar-refractivity contribution in [1.82, 2.24) is 9.97 Å². The van der Waals surface area contributed by atoms with E-state index in [9.17, 15) is 25.0 Å². The fourth-order valence-electron chi connectivity index (χ4n) is 3.06. The number of benzene rings is 3. The summed E-state index contributed by atoms with van der Waals surface area (Å²) in [5, 5.41) is 21.6. The van der Waals surface area contributed by atoms with E-state index < -0.39 is 9.85 Å². The monoisotopic (exact) mass is 403 g/mol. The number of nitro groups is 2. The van der Waals surface area contributed by atoms with Gasteiger partial charge in [0.05, 0.1) is 21.1 Å². The Morgan fingerprint density at radius 2 is 1.43 bits per heavy atom. The molecule has 0 unspecified atom stereocenters. The van der Waals surface area contributed by atoms with Gasteiger partial charge in [-0.3, -0.25) is 25.0 Å². The minimum absolute atomic E-state index is 0.0367. The van der Waals surface area contributed by atoms with Gasteiger partial charge < -0.3 is 10.7 Å². The molecule has 10 heteroatoms. The number of nitrogens with zero attached hydrogens (tertiary/aromatic N) is 3. The van der Waals surface area contributed by atoms with Gasteiger partial charge in [0.1, 0.15) is 11.3 Å². The number of rotatable bonds is 5. The second kappa shape index (κ2) is 7.09. The van der Waals surface area contributed by atoms with E-state index in [1.54, 1.807) is 24.3 Å². The summed E-state index contributed by atoms with van der Waals surface area (Å²) in [5.74, 6) is 0.0655. The number of fused-ring (bicyclic) bond motifs is 1. The van der Waals surface area contributed by atoms with E-state index in [-0.39, 0.29) is 34.0 Å². The van der Waals surface area contributed by atoms with Gasteiger partial charge in [-0.05, 0) is 36.4 Å². The summed E-state index contributed by atoms with van der Waals surface area (Å²) in [6.45, 7) is 0. The summed E-state index contributed by atoms with van der Waals surface area (Å²) in [6.07, 6.45) is 0. The summed E-state index contributed by atoms with van der Waals surface area (Å²) in [6, 6.07) is 14.3. The number of carbonyl (C=O) groups is 1. The van der Waals surface area contributed by atoms with Crippen LogP contribution >= 0.6 is 0 Å². The van der Waals surface area contributed by atoms with Crippen LogP contribution in [0.15, 0.2) is 60.7 Å². The van der Waals surface area contributed by atoms with Crippen molar-refractivity contribution in [3.05, 3.63) is 92.0 Å². The molecule has 0 amide bonds. The van der Waals surface area contributed by atoms with Crippen molar-refractivity contribution in [2.24, 2.45) is 0 Å². The predicted molar refractivity (Wildman–Crippen MR) is 109 cm³/mol. The smallest absolute Gasteiger partial charge is 0.269 e. The Hall–Kier alpha value is -4.60. The van der Waals surface area contributed by atoms with Crippen LogP contribution in [0, 0.1) is 20.2 Å². The molecule has 1 aromatic heterocycles. The largest absolute Gasteiger partial charge is 0.396 e. The third kappa shape index (κ3) is 3.22. The topological polar surface area (TPSA) is 158 Å². The van der Waals surface area contributed by atoms with Crippen molar-refractivity contribution in [1.29, 1.82) is 0 Å². The summed E-state index contributed by atoms with van der Waals surface area (Å²) in [4.78, 5) is 40.9. The van der Waals surface area contributed by atoms with Crippen molar-refractivity contribution in [2.45, 2.75) is 0 Å². The van der Waals surface area contributed by atoms with Crippen molar-refractivity contribution in [3.63, 3.8) is 0 Å². The molecule has 10 nitrogen and oxygen atoms in total. The lowest BCUT2D eigenvalue weighted by Gasteiger charge is -2.05. The number of aromatic amines is 1. The first-order valence-electron chi connectivity index (χ1n) is 8.67. The minimum atomic E-state index is -0.544.